The normalized spacial score (nSPS) is 17.4. The van der Waals surface area contributed by atoms with Gasteiger partial charge in [0.25, 0.3) is 0 Å². The van der Waals surface area contributed by atoms with E-state index in [1.807, 2.05) is 10.7 Å². The largest absolute Gasteiger partial charge is 0.333 e. The second kappa shape index (κ2) is 5.94. The highest BCUT2D eigenvalue weighted by atomic mass is 16.2. The highest BCUT2D eigenvalue weighted by molar-refractivity contribution is 5.88. The Kier molecular flexibility index (Phi) is 3.97. The molecule has 1 atom stereocenters. The molecule has 2 aromatic rings. The summed E-state index contributed by atoms with van der Waals surface area (Å²) < 4.78 is 1.83. The Morgan fingerprint density at radius 3 is 2.83 bits per heavy atom. The molecule has 3 heterocycles. The fourth-order valence-electron chi connectivity index (χ4n) is 2.49. The summed E-state index contributed by atoms with van der Waals surface area (Å²) in [6, 6.07) is 3.40. The van der Waals surface area contributed by atoms with Crippen molar-refractivity contribution in [3.05, 3.63) is 30.0 Å². The van der Waals surface area contributed by atoms with E-state index in [2.05, 4.69) is 51.7 Å². The number of aryl methyl sites for hydroxylation is 1. The first kappa shape index (κ1) is 15.4. The van der Waals surface area contributed by atoms with Crippen LogP contribution in [0.4, 0.5) is 10.6 Å². The second-order valence-corrected chi connectivity index (χ2v) is 6.75. The van der Waals surface area contributed by atoms with Crippen LogP contribution in [-0.4, -0.2) is 37.0 Å². The Labute approximate surface area is 134 Å². The van der Waals surface area contributed by atoms with Crippen molar-refractivity contribution < 1.29 is 4.79 Å². The molecule has 0 radical (unpaired) electrons. The Morgan fingerprint density at radius 1 is 1.30 bits per heavy atom. The summed E-state index contributed by atoms with van der Waals surface area (Å²) in [7, 11) is 0. The van der Waals surface area contributed by atoms with Crippen LogP contribution in [-0.2, 0) is 18.4 Å². The molecule has 0 bridgehead atoms. The molecule has 8 heteroatoms. The van der Waals surface area contributed by atoms with Crippen LogP contribution in [0.15, 0.2) is 18.5 Å². The molecule has 1 aliphatic heterocycles. The van der Waals surface area contributed by atoms with Crippen LogP contribution in [0, 0.1) is 0 Å². The summed E-state index contributed by atoms with van der Waals surface area (Å²) in [5, 5.41) is 18.0. The molecule has 0 fully saturated rings. The molecule has 0 saturated carbocycles. The zero-order valence-corrected chi connectivity index (χ0v) is 13.6. The molecule has 1 aliphatic rings. The van der Waals surface area contributed by atoms with Gasteiger partial charge in [0.15, 0.2) is 5.82 Å². The van der Waals surface area contributed by atoms with Gasteiger partial charge in [-0.2, -0.15) is 10.2 Å². The maximum atomic E-state index is 12.1. The van der Waals surface area contributed by atoms with Gasteiger partial charge in [-0.15, -0.1) is 5.10 Å². The lowest BCUT2D eigenvalue weighted by atomic mass is 9.92. The zero-order valence-electron chi connectivity index (χ0n) is 13.6. The maximum Gasteiger partial charge on any atom is 0.320 e. The van der Waals surface area contributed by atoms with Crippen LogP contribution < -0.4 is 10.6 Å². The van der Waals surface area contributed by atoms with Crippen LogP contribution >= 0.6 is 0 Å². The van der Waals surface area contributed by atoms with E-state index in [4.69, 9.17) is 0 Å². The van der Waals surface area contributed by atoms with Gasteiger partial charge < -0.3 is 5.32 Å². The van der Waals surface area contributed by atoms with E-state index in [1.165, 1.54) is 0 Å². The van der Waals surface area contributed by atoms with Gasteiger partial charge in [0.1, 0.15) is 12.2 Å². The Hall–Kier alpha value is -2.51. The summed E-state index contributed by atoms with van der Waals surface area (Å²) in [6.45, 7) is 6.84. The molecule has 0 aromatic carbocycles. The van der Waals surface area contributed by atoms with E-state index in [-0.39, 0.29) is 17.5 Å². The van der Waals surface area contributed by atoms with E-state index in [0.717, 1.165) is 24.4 Å². The number of amides is 2. The Morgan fingerprint density at radius 2 is 2.13 bits per heavy atom. The lowest BCUT2D eigenvalue weighted by Gasteiger charge is -2.23. The number of nitrogens with zero attached hydrogens (tertiary/aromatic N) is 5. The second-order valence-electron chi connectivity index (χ2n) is 6.75. The van der Waals surface area contributed by atoms with Gasteiger partial charge in [-0.1, -0.05) is 20.8 Å². The number of carbonyl (C=O) groups is 1. The third-order valence-corrected chi connectivity index (χ3v) is 3.82. The molecule has 2 aromatic heterocycles. The smallest absolute Gasteiger partial charge is 0.320 e. The number of fused-ring (bicyclic) bond motifs is 1. The third-order valence-electron chi connectivity index (χ3n) is 3.82. The summed E-state index contributed by atoms with van der Waals surface area (Å²) in [6.07, 6.45) is 3.20. The van der Waals surface area contributed by atoms with Crippen molar-refractivity contribution in [1.82, 2.24) is 30.3 Å². The highest BCUT2D eigenvalue weighted by Gasteiger charge is 2.21. The Bertz CT molecular complexity index is 687. The van der Waals surface area contributed by atoms with E-state index in [9.17, 15) is 4.79 Å². The van der Waals surface area contributed by atoms with Gasteiger partial charge in [0, 0.05) is 11.8 Å². The minimum absolute atomic E-state index is 0.0333. The lowest BCUT2D eigenvalue weighted by molar-refractivity contribution is 0.243. The van der Waals surface area contributed by atoms with Crippen molar-refractivity contribution in [3.8, 4) is 0 Å². The fraction of sp³-hybridized carbons (Fsp3) is 0.533. The van der Waals surface area contributed by atoms with Crippen LogP contribution in [0.2, 0.25) is 0 Å². The molecule has 122 valence electrons. The molecule has 2 amide bonds. The van der Waals surface area contributed by atoms with Gasteiger partial charge >= 0.3 is 6.03 Å². The van der Waals surface area contributed by atoms with Crippen molar-refractivity contribution in [2.45, 2.75) is 51.6 Å². The highest BCUT2D eigenvalue weighted by Crippen LogP contribution is 2.19. The van der Waals surface area contributed by atoms with E-state index in [0.29, 0.717) is 12.4 Å². The molecule has 0 saturated heterocycles. The van der Waals surface area contributed by atoms with E-state index >= 15 is 0 Å². The number of nitrogens with one attached hydrogen (secondary N) is 2. The molecule has 0 unspecified atom stereocenters. The average Bonchev–Trinajstić information content (AvgIpc) is 2.94. The van der Waals surface area contributed by atoms with Gasteiger partial charge in [-0.25, -0.2) is 14.5 Å². The van der Waals surface area contributed by atoms with Crippen molar-refractivity contribution in [2.24, 2.45) is 0 Å². The minimum atomic E-state index is -0.281. The molecule has 0 aliphatic carbocycles. The van der Waals surface area contributed by atoms with Gasteiger partial charge in [0.05, 0.1) is 18.3 Å². The molecule has 23 heavy (non-hydrogen) atoms. The van der Waals surface area contributed by atoms with Gasteiger partial charge in [-0.05, 0) is 18.6 Å². The topological polar surface area (TPSA) is 97.6 Å². The van der Waals surface area contributed by atoms with Crippen LogP contribution in [0.3, 0.4) is 0 Å². The van der Waals surface area contributed by atoms with Crippen molar-refractivity contribution >= 4 is 11.8 Å². The van der Waals surface area contributed by atoms with Crippen molar-refractivity contribution in [2.75, 3.05) is 5.32 Å². The van der Waals surface area contributed by atoms with Crippen LogP contribution in [0.1, 0.15) is 38.7 Å². The van der Waals surface area contributed by atoms with Gasteiger partial charge in [-0.3, -0.25) is 5.32 Å². The summed E-state index contributed by atoms with van der Waals surface area (Å²) in [5.41, 5.74) is 0.820. The maximum absolute atomic E-state index is 12.1. The fourth-order valence-corrected chi connectivity index (χ4v) is 2.49. The van der Waals surface area contributed by atoms with Gasteiger partial charge in [0.2, 0.25) is 0 Å². The summed E-state index contributed by atoms with van der Waals surface area (Å²) in [4.78, 5) is 16.2. The molecule has 8 nitrogen and oxygen atoms in total. The minimum Gasteiger partial charge on any atom is -0.333 e. The number of rotatable bonds is 2. The number of carbonyl (C=O) groups excluding carboxylic acids is 1. The quantitative estimate of drug-likeness (QED) is 0.875. The molecule has 2 N–H and O–H groups in total. The third kappa shape index (κ3) is 3.64. The zero-order chi connectivity index (χ0) is 16.4. The average molecular weight is 315 g/mol. The summed E-state index contributed by atoms with van der Waals surface area (Å²) in [5.74, 6) is 1.40. The van der Waals surface area contributed by atoms with Crippen LogP contribution in [0.5, 0.6) is 0 Å². The van der Waals surface area contributed by atoms with E-state index in [1.54, 1.807) is 12.4 Å². The summed E-state index contributed by atoms with van der Waals surface area (Å²) >= 11 is 0. The number of anilines is 1. The molecular formula is C15H21N7O. The number of urea groups is 1. The lowest BCUT2D eigenvalue weighted by Crippen LogP contribution is -2.43. The monoisotopic (exact) mass is 315 g/mol. The van der Waals surface area contributed by atoms with Crippen LogP contribution in [0.25, 0.3) is 0 Å². The predicted octanol–water partition coefficient (Wildman–Crippen LogP) is 1.50. The number of aromatic nitrogens is 5. The number of hydrogen-bond donors (Lipinski definition) is 2. The SMILES string of the molecule is CC(C)(C)c1ccc(NC(=O)N[C@H]2CCc3ncnn3C2)nn1. The first-order valence-corrected chi connectivity index (χ1v) is 7.70. The molecule has 0 spiro atoms. The number of hydrogen-bond acceptors (Lipinski definition) is 5. The predicted molar refractivity (Wildman–Crippen MR) is 85.0 cm³/mol. The first-order chi connectivity index (χ1) is 10.9. The first-order valence-electron chi connectivity index (χ1n) is 7.70. The standard InChI is InChI=1S/C15H21N7O/c1-15(2,3)11-5-6-12(21-20-11)19-14(23)18-10-4-7-13-16-9-17-22(13)8-10/h5-6,9-10H,4,7-8H2,1-3H3,(H2,18,19,21,23)/t10-/m0/s1. The van der Waals surface area contributed by atoms with Crippen molar-refractivity contribution in [1.29, 1.82) is 0 Å². The Balaban J connectivity index is 1.56. The van der Waals surface area contributed by atoms with Crippen molar-refractivity contribution in [3.63, 3.8) is 0 Å². The molecule has 3 rings (SSSR count). The van der Waals surface area contributed by atoms with E-state index < -0.39 is 0 Å². The molecular weight excluding hydrogens is 294 g/mol.